The quantitative estimate of drug-likeness (QED) is 0.379. The molecule has 0 aromatic heterocycles. The lowest BCUT2D eigenvalue weighted by Crippen LogP contribution is -2.40. The first-order valence-corrected chi connectivity index (χ1v) is 12.6. The molecule has 0 atom stereocenters. The third-order valence-corrected chi connectivity index (χ3v) is 7.58. The van der Waals surface area contributed by atoms with Crippen molar-refractivity contribution in [3.63, 3.8) is 0 Å². The Hall–Kier alpha value is -3.56. The number of carbonyl (C=O) groups is 1. The molecule has 0 saturated heterocycles. The summed E-state index contributed by atoms with van der Waals surface area (Å²) in [4.78, 5) is 12.9. The van der Waals surface area contributed by atoms with E-state index in [2.05, 4.69) is 10.5 Å². The number of carbonyl (C=O) groups excluding carboxylic acids is 1. The Kier molecular flexibility index (Phi) is 7.28. The molecule has 1 N–H and O–H groups in total. The molecule has 0 bridgehead atoms. The van der Waals surface area contributed by atoms with Gasteiger partial charge in [0.1, 0.15) is 19.8 Å². The molecule has 3 aromatic rings. The van der Waals surface area contributed by atoms with Crippen LogP contribution in [0.3, 0.4) is 0 Å². The van der Waals surface area contributed by atoms with Gasteiger partial charge in [0.2, 0.25) is 0 Å². The van der Waals surface area contributed by atoms with Gasteiger partial charge in [-0.05, 0) is 55.8 Å². The number of rotatable bonds is 7. The highest BCUT2D eigenvalue weighted by molar-refractivity contribution is 7.92. The van der Waals surface area contributed by atoms with Crippen LogP contribution in [0.4, 0.5) is 5.69 Å². The van der Waals surface area contributed by atoms with Crippen molar-refractivity contribution < 1.29 is 22.7 Å². The number of fused-ring (bicyclic) bond motifs is 1. The van der Waals surface area contributed by atoms with Gasteiger partial charge in [-0.1, -0.05) is 41.4 Å². The number of nitrogens with one attached hydrogen (secondary N) is 1. The minimum absolute atomic E-state index is 0.0619. The smallest absolute Gasteiger partial charge is 0.264 e. The molecule has 182 valence electrons. The summed E-state index contributed by atoms with van der Waals surface area (Å²) >= 11 is 6.25. The number of para-hydroxylation sites is 1. The number of hydrazone groups is 1. The van der Waals surface area contributed by atoms with E-state index in [-0.39, 0.29) is 4.90 Å². The van der Waals surface area contributed by atoms with Crippen LogP contribution >= 0.6 is 11.6 Å². The van der Waals surface area contributed by atoms with E-state index in [0.29, 0.717) is 46.5 Å². The molecule has 35 heavy (non-hydrogen) atoms. The molecule has 10 heteroatoms. The van der Waals surface area contributed by atoms with Crippen LogP contribution < -0.4 is 19.2 Å². The molecular formula is C25H24ClN3O5S. The van der Waals surface area contributed by atoms with Crippen molar-refractivity contribution in [1.82, 2.24) is 5.43 Å². The predicted octanol–water partition coefficient (Wildman–Crippen LogP) is 4.07. The van der Waals surface area contributed by atoms with Gasteiger partial charge in [-0.2, -0.15) is 5.10 Å². The van der Waals surface area contributed by atoms with Gasteiger partial charge < -0.3 is 9.47 Å². The Labute approximate surface area is 209 Å². The van der Waals surface area contributed by atoms with E-state index in [4.69, 9.17) is 21.1 Å². The molecule has 0 spiro atoms. The van der Waals surface area contributed by atoms with Crippen LogP contribution in [0.1, 0.15) is 16.7 Å². The SMILES string of the molecule is Cc1ccc(S(=O)(=O)N(CC(=O)N/N=C\c2cccc3c2OCCO3)c2cccc(Cl)c2C)cc1. The van der Waals surface area contributed by atoms with Gasteiger partial charge in [-0.15, -0.1) is 0 Å². The molecule has 0 fully saturated rings. The van der Waals surface area contributed by atoms with E-state index in [1.165, 1.54) is 18.3 Å². The van der Waals surface area contributed by atoms with Crippen molar-refractivity contribution in [3.05, 3.63) is 82.4 Å². The summed E-state index contributed by atoms with van der Waals surface area (Å²) in [6.07, 6.45) is 1.43. The van der Waals surface area contributed by atoms with Crippen LogP contribution in [0, 0.1) is 13.8 Å². The Bertz CT molecular complexity index is 1370. The van der Waals surface area contributed by atoms with Crippen molar-refractivity contribution in [3.8, 4) is 11.5 Å². The van der Waals surface area contributed by atoms with Crippen LogP contribution in [-0.2, 0) is 14.8 Å². The summed E-state index contributed by atoms with van der Waals surface area (Å²) in [5.41, 5.74) is 4.78. The first-order chi connectivity index (χ1) is 16.8. The molecule has 1 heterocycles. The van der Waals surface area contributed by atoms with E-state index >= 15 is 0 Å². The van der Waals surface area contributed by atoms with Gasteiger partial charge >= 0.3 is 0 Å². The fourth-order valence-corrected chi connectivity index (χ4v) is 5.19. The number of amides is 1. The lowest BCUT2D eigenvalue weighted by atomic mass is 10.2. The lowest BCUT2D eigenvalue weighted by Gasteiger charge is -2.25. The molecule has 3 aromatic carbocycles. The minimum atomic E-state index is -4.07. The second kappa shape index (κ2) is 10.4. The summed E-state index contributed by atoms with van der Waals surface area (Å²) in [7, 11) is -4.07. The largest absolute Gasteiger partial charge is 0.486 e. The summed E-state index contributed by atoms with van der Waals surface area (Å²) in [5, 5.41) is 4.39. The molecular weight excluding hydrogens is 490 g/mol. The number of nitrogens with zero attached hydrogens (tertiary/aromatic N) is 2. The van der Waals surface area contributed by atoms with Crippen LogP contribution in [0.2, 0.25) is 5.02 Å². The van der Waals surface area contributed by atoms with E-state index in [1.54, 1.807) is 55.5 Å². The van der Waals surface area contributed by atoms with Gasteiger partial charge in [0.05, 0.1) is 16.8 Å². The molecule has 0 unspecified atom stereocenters. The molecule has 4 rings (SSSR count). The van der Waals surface area contributed by atoms with Crippen molar-refractivity contribution in [2.75, 3.05) is 24.1 Å². The standard InChI is InChI=1S/C25H24ClN3O5S/c1-17-9-11-20(12-10-17)35(31,32)29(22-7-4-6-21(26)18(22)2)16-24(30)28-27-15-19-5-3-8-23-25(19)34-14-13-33-23/h3-12,15H,13-14,16H2,1-2H3,(H,28,30)/b27-15-. The van der Waals surface area contributed by atoms with Crippen molar-refractivity contribution in [1.29, 1.82) is 0 Å². The van der Waals surface area contributed by atoms with Crippen molar-refractivity contribution in [2.45, 2.75) is 18.7 Å². The molecule has 0 radical (unpaired) electrons. The number of anilines is 1. The lowest BCUT2D eigenvalue weighted by molar-refractivity contribution is -0.119. The normalized spacial score (nSPS) is 13.0. The highest BCUT2D eigenvalue weighted by Crippen LogP contribution is 2.33. The fourth-order valence-electron chi connectivity index (χ4n) is 3.54. The zero-order valence-electron chi connectivity index (χ0n) is 19.2. The molecule has 1 aliphatic rings. The second-order valence-electron chi connectivity index (χ2n) is 7.87. The number of hydrogen-bond acceptors (Lipinski definition) is 6. The molecule has 8 nitrogen and oxygen atoms in total. The van der Waals surface area contributed by atoms with E-state index < -0.39 is 22.5 Å². The zero-order chi connectivity index (χ0) is 25.0. The Morgan fingerprint density at radius 1 is 1.06 bits per heavy atom. The number of ether oxygens (including phenoxy) is 2. The van der Waals surface area contributed by atoms with Crippen molar-refractivity contribution >= 4 is 39.4 Å². The van der Waals surface area contributed by atoms with E-state index in [9.17, 15) is 13.2 Å². The number of hydrogen-bond donors (Lipinski definition) is 1. The van der Waals surface area contributed by atoms with Gasteiger partial charge in [-0.3, -0.25) is 9.10 Å². The molecule has 1 aliphatic heterocycles. The molecule has 1 amide bonds. The first kappa shape index (κ1) is 24.6. The third kappa shape index (κ3) is 5.41. The summed E-state index contributed by atoms with van der Waals surface area (Å²) in [5.74, 6) is 0.506. The van der Waals surface area contributed by atoms with Crippen LogP contribution in [0.25, 0.3) is 0 Å². The maximum absolute atomic E-state index is 13.5. The number of benzene rings is 3. The Morgan fingerprint density at radius 3 is 2.54 bits per heavy atom. The molecule has 0 saturated carbocycles. The maximum Gasteiger partial charge on any atom is 0.264 e. The highest BCUT2D eigenvalue weighted by Gasteiger charge is 2.28. The molecule has 0 aliphatic carbocycles. The fraction of sp³-hybridized carbons (Fsp3) is 0.200. The highest BCUT2D eigenvalue weighted by atomic mass is 35.5. The number of aryl methyl sites for hydroxylation is 1. The average molecular weight is 514 g/mol. The van der Waals surface area contributed by atoms with Gasteiger partial charge in [0.25, 0.3) is 15.9 Å². The number of sulfonamides is 1. The maximum atomic E-state index is 13.5. The first-order valence-electron chi connectivity index (χ1n) is 10.8. The summed E-state index contributed by atoms with van der Waals surface area (Å²) in [6, 6.07) is 16.7. The monoisotopic (exact) mass is 513 g/mol. The number of halogens is 1. The Morgan fingerprint density at radius 2 is 1.77 bits per heavy atom. The zero-order valence-corrected chi connectivity index (χ0v) is 20.8. The van der Waals surface area contributed by atoms with Gasteiger partial charge in [-0.25, -0.2) is 13.8 Å². The van der Waals surface area contributed by atoms with Crippen molar-refractivity contribution in [2.24, 2.45) is 5.10 Å². The average Bonchev–Trinajstić information content (AvgIpc) is 2.85. The Balaban J connectivity index is 1.59. The minimum Gasteiger partial charge on any atom is -0.486 e. The van der Waals surface area contributed by atoms with Crippen LogP contribution in [0.5, 0.6) is 11.5 Å². The summed E-state index contributed by atoms with van der Waals surface area (Å²) in [6.45, 7) is 3.93. The predicted molar refractivity (Wildman–Crippen MR) is 135 cm³/mol. The van der Waals surface area contributed by atoms with Crippen LogP contribution in [-0.4, -0.2) is 40.3 Å². The van der Waals surface area contributed by atoms with Gasteiger partial charge in [0, 0.05) is 10.6 Å². The topological polar surface area (TPSA) is 97.3 Å². The van der Waals surface area contributed by atoms with E-state index in [1.807, 2.05) is 6.92 Å². The summed E-state index contributed by atoms with van der Waals surface area (Å²) < 4.78 is 39.3. The van der Waals surface area contributed by atoms with Crippen LogP contribution in [0.15, 0.2) is 70.7 Å². The third-order valence-electron chi connectivity index (χ3n) is 5.39. The van der Waals surface area contributed by atoms with Gasteiger partial charge in [0.15, 0.2) is 11.5 Å². The van der Waals surface area contributed by atoms with E-state index in [0.717, 1.165) is 9.87 Å². The second-order valence-corrected chi connectivity index (χ2v) is 10.1.